The number of carbonyl (C=O) groups is 1. The highest BCUT2D eigenvalue weighted by molar-refractivity contribution is 5.81. The van der Waals surface area contributed by atoms with Crippen LogP contribution in [-0.4, -0.2) is 31.8 Å². The van der Waals surface area contributed by atoms with Gasteiger partial charge in [-0.05, 0) is 36.8 Å². The van der Waals surface area contributed by atoms with Gasteiger partial charge in [0.1, 0.15) is 0 Å². The first-order valence-electron chi connectivity index (χ1n) is 7.98. The average molecular weight is 306 g/mol. The van der Waals surface area contributed by atoms with E-state index in [1.165, 1.54) is 0 Å². The molecule has 0 aliphatic carbocycles. The summed E-state index contributed by atoms with van der Waals surface area (Å²) in [6.45, 7) is 5.09. The van der Waals surface area contributed by atoms with Gasteiger partial charge >= 0.3 is 0 Å². The number of rotatable bonds is 7. The highest BCUT2D eigenvalue weighted by Gasteiger charge is 2.26. The molecule has 1 saturated heterocycles. The highest BCUT2D eigenvalue weighted by Crippen LogP contribution is 2.18. The second-order valence-corrected chi connectivity index (χ2v) is 5.60. The Morgan fingerprint density at radius 1 is 1.36 bits per heavy atom. The molecule has 1 aromatic rings. The summed E-state index contributed by atoms with van der Waals surface area (Å²) in [7, 11) is 0. The number of hydrogen-bond acceptors (Lipinski definition) is 4. The molecular formula is C17H26N2O3. The van der Waals surface area contributed by atoms with Crippen LogP contribution in [-0.2, 0) is 27.4 Å². The van der Waals surface area contributed by atoms with Crippen molar-refractivity contribution in [2.75, 3.05) is 19.8 Å². The van der Waals surface area contributed by atoms with Crippen LogP contribution in [0.2, 0.25) is 0 Å². The zero-order valence-electron chi connectivity index (χ0n) is 13.2. The van der Waals surface area contributed by atoms with Gasteiger partial charge in [-0.2, -0.15) is 0 Å². The summed E-state index contributed by atoms with van der Waals surface area (Å²) < 4.78 is 10.8. The Balaban J connectivity index is 1.87. The van der Waals surface area contributed by atoms with Crippen molar-refractivity contribution in [1.29, 1.82) is 0 Å². The summed E-state index contributed by atoms with van der Waals surface area (Å²) >= 11 is 0. The van der Waals surface area contributed by atoms with Gasteiger partial charge < -0.3 is 20.5 Å². The lowest BCUT2D eigenvalue weighted by molar-refractivity contribution is -0.124. The molecule has 5 nitrogen and oxygen atoms in total. The minimum Gasteiger partial charge on any atom is -0.381 e. The first kappa shape index (κ1) is 16.9. The largest absolute Gasteiger partial charge is 0.381 e. The van der Waals surface area contributed by atoms with E-state index in [-0.39, 0.29) is 11.8 Å². The van der Waals surface area contributed by atoms with Crippen molar-refractivity contribution in [3.05, 3.63) is 35.4 Å². The molecule has 122 valence electrons. The van der Waals surface area contributed by atoms with Crippen LogP contribution in [0.15, 0.2) is 24.3 Å². The van der Waals surface area contributed by atoms with Crippen LogP contribution in [0.4, 0.5) is 0 Å². The number of carbonyl (C=O) groups excluding carboxylic acids is 1. The van der Waals surface area contributed by atoms with Crippen LogP contribution in [0.3, 0.4) is 0 Å². The molecule has 1 amide bonds. The van der Waals surface area contributed by atoms with Crippen molar-refractivity contribution in [3.63, 3.8) is 0 Å². The first-order valence-corrected chi connectivity index (χ1v) is 7.98. The van der Waals surface area contributed by atoms with E-state index in [2.05, 4.69) is 5.32 Å². The van der Waals surface area contributed by atoms with E-state index >= 15 is 0 Å². The van der Waals surface area contributed by atoms with E-state index in [1.54, 1.807) is 0 Å². The lowest BCUT2D eigenvalue weighted by Crippen LogP contribution is -2.46. The molecule has 22 heavy (non-hydrogen) atoms. The van der Waals surface area contributed by atoms with Gasteiger partial charge in [0, 0.05) is 26.4 Å². The number of benzene rings is 1. The molecule has 0 saturated carbocycles. The van der Waals surface area contributed by atoms with Gasteiger partial charge in [-0.1, -0.05) is 24.3 Å². The summed E-state index contributed by atoms with van der Waals surface area (Å²) in [5.41, 5.74) is 8.26. The molecule has 2 rings (SSSR count). The first-order chi connectivity index (χ1) is 10.7. The Labute approximate surface area is 132 Å². The molecule has 1 aliphatic rings. The van der Waals surface area contributed by atoms with Crippen LogP contribution in [0.5, 0.6) is 0 Å². The molecule has 1 fully saturated rings. The minimum atomic E-state index is -0.456. The molecule has 0 radical (unpaired) electrons. The second kappa shape index (κ2) is 8.88. The van der Waals surface area contributed by atoms with E-state index in [0.717, 1.165) is 24.0 Å². The van der Waals surface area contributed by atoms with Crippen LogP contribution in [0, 0.1) is 5.92 Å². The van der Waals surface area contributed by atoms with Crippen molar-refractivity contribution < 1.29 is 14.3 Å². The van der Waals surface area contributed by atoms with E-state index in [9.17, 15) is 4.79 Å². The van der Waals surface area contributed by atoms with Gasteiger partial charge in [0.05, 0.1) is 12.6 Å². The Hall–Kier alpha value is -1.43. The van der Waals surface area contributed by atoms with Crippen molar-refractivity contribution in [3.8, 4) is 0 Å². The number of nitrogens with two attached hydrogens (primary N) is 1. The van der Waals surface area contributed by atoms with Crippen LogP contribution < -0.4 is 11.1 Å². The summed E-state index contributed by atoms with van der Waals surface area (Å²) in [4.78, 5) is 12.2. The van der Waals surface area contributed by atoms with Gasteiger partial charge in [-0.3, -0.25) is 4.79 Å². The van der Waals surface area contributed by atoms with Gasteiger partial charge in [0.15, 0.2) is 0 Å². The number of ether oxygens (including phenoxy) is 2. The minimum absolute atomic E-state index is 0.0851. The molecule has 5 heteroatoms. The molecule has 3 N–H and O–H groups in total. The number of amides is 1. The van der Waals surface area contributed by atoms with Gasteiger partial charge in [0.2, 0.25) is 5.91 Å². The van der Waals surface area contributed by atoms with Crippen LogP contribution >= 0.6 is 0 Å². The molecular weight excluding hydrogens is 280 g/mol. The molecule has 1 atom stereocenters. The third kappa shape index (κ3) is 4.80. The summed E-state index contributed by atoms with van der Waals surface area (Å²) in [6, 6.07) is 7.52. The smallest absolute Gasteiger partial charge is 0.237 e. The lowest BCUT2D eigenvalue weighted by atomic mass is 9.92. The van der Waals surface area contributed by atoms with Crippen molar-refractivity contribution in [1.82, 2.24) is 5.32 Å². The Kier molecular flexibility index (Phi) is 6.83. The maximum absolute atomic E-state index is 12.2. The standard InChI is InChI=1S/C17H26N2O3/c1-2-21-12-15-6-4-3-5-14(15)11-19-17(20)16(18)13-7-9-22-10-8-13/h3-6,13,16H,2,7-12,18H2,1H3,(H,19,20). The summed E-state index contributed by atoms with van der Waals surface area (Å²) in [6.07, 6.45) is 1.71. The van der Waals surface area contributed by atoms with Crippen molar-refractivity contribution >= 4 is 5.91 Å². The molecule has 0 spiro atoms. The molecule has 1 unspecified atom stereocenters. The molecule has 1 aromatic carbocycles. The topological polar surface area (TPSA) is 73.6 Å². The van der Waals surface area contributed by atoms with E-state index in [4.69, 9.17) is 15.2 Å². The fourth-order valence-electron chi connectivity index (χ4n) is 2.67. The Bertz CT molecular complexity index is 473. The Morgan fingerprint density at radius 3 is 2.73 bits per heavy atom. The molecule has 1 heterocycles. The van der Waals surface area contributed by atoms with E-state index in [1.807, 2.05) is 31.2 Å². The monoisotopic (exact) mass is 306 g/mol. The zero-order chi connectivity index (χ0) is 15.8. The molecule has 0 aromatic heterocycles. The van der Waals surface area contributed by atoms with Gasteiger partial charge in [-0.15, -0.1) is 0 Å². The fourth-order valence-corrected chi connectivity index (χ4v) is 2.67. The summed E-state index contributed by atoms with van der Waals surface area (Å²) in [5, 5.41) is 2.95. The van der Waals surface area contributed by atoms with Crippen LogP contribution in [0.1, 0.15) is 30.9 Å². The molecule has 0 bridgehead atoms. The van der Waals surface area contributed by atoms with Crippen molar-refractivity contribution in [2.24, 2.45) is 11.7 Å². The SMILES string of the molecule is CCOCc1ccccc1CNC(=O)C(N)C1CCOCC1. The van der Waals surface area contributed by atoms with Gasteiger partial charge in [0.25, 0.3) is 0 Å². The lowest BCUT2D eigenvalue weighted by Gasteiger charge is -2.26. The zero-order valence-corrected chi connectivity index (χ0v) is 13.2. The highest BCUT2D eigenvalue weighted by atomic mass is 16.5. The predicted octanol–water partition coefficient (Wildman–Crippen LogP) is 1.59. The maximum Gasteiger partial charge on any atom is 0.237 e. The second-order valence-electron chi connectivity index (χ2n) is 5.60. The summed E-state index contributed by atoms with van der Waals surface area (Å²) in [5.74, 6) is 0.130. The third-order valence-corrected chi connectivity index (χ3v) is 4.11. The number of nitrogens with one attached hydrogen (secondary N) is 1. The third-order valence-electron chi connectivity index (χ3n) is 4.11. The normalized spacial score (nSPS) is 17.2. The predicted molar refractivity (Wildman–Crippen MR) is 85.1 cm³/mol. The van der Waals surface area contributed by atoms with Gasteiger partial charge in [-0.25, -0.2) is 0 Å². The quantitative estimate of drug-likeness (QED) is 0.802. The fraction of sp³-hybridized carbons (Fsp3) is 0.588. The van der Waals surface area contributed by atoms with Crippen LogP contribution in [0.25, 0.3) is 0 Å². The maximum atomic E-state index is 12.2. The average Bonchev–Trinajstić information content (AvgIpc) is 2.58. The Morgan fingerprint density at radius 2 is 2.05 bits per heavy atom. The van der Waals surface area contributed by atoms with E-state index < -0.39 is 6.04 Å². The number of hydrogen-bond donors (Lipinski definition) is 2. The van der Waals surface area contributed by atoms with Crippen molar-refractivity contribution in [2.45, 2.75) is 39.0 Å². The molecule has 1 aliphatic heterocycles. The van der Waals surface area contributed by atoms with E-state index in [0.29, 0.717) is 33.0 Å².